The van der Waals surface area contributed by atoms with Crippen molar-refractivity contribution in [3.63, 3.8) is 0 Å². The molecule has 0 aliphatic carbocycles. The average Bonchev–Trinajstić information content (AvgIpc) is 3.04. The second-order valence-corrected chi connectivity index (χ2v) is 5.28. The van der Waals surface area contributed by atoms with Crippen molar-refractivity contribution in [3.8, 4) is 5.75 Å². The van der Waals surface area contributed by atoms with Crippen LogP contribution in [0.25, 0.3) is 0 Å². The van der Waals surface area contributed by atoms with E-state index in [0.717, 1.165) is 44.1 Å². The molecule has 1 aliphatic heterocycles. The van der Waals surface area contributed by atoms with Crippen molar-refractivity contribution in [1.29, 1.82) is 0 Å². The number of hydrogen-bond donors (Lipinski definition) is 2. The van der Waals surface area contributed by atoms with Crippen molar-refractivity contribution in [2.75, 3.05) is 45.4 Å². The minimum Gasteiger partial charge on any atom is -0.497 e. The highest BCUT2D eigenvalue weighted by molar-refractivity contribution is 5.92. The molecule has 1 heterocycles. The van der Waals surface area contributed by atoms with Crippen LogP contribution in [0.3, 0.4) is 0 Å². The average molecular weight is 307 g/mol. The number of nitrogens with one attached hydrogen (secondary N) is 1. The highest BCUT2D eigenvalue weighted by atomic mass is 16.5. The van der Waals surface area contributed by atoms with E-state index in [9.17, 15) is 0 Å². The van der Waals surface area contributed by atoms with Crippen LogP contribution < -0.4 is 15.8 Å². The molecule has 1 aromatic carbocycles. The van der Waals surface area contributed by atoms with Crippen LogP contribution >= 0.6 is 0 Å². The maximum atomic E-state index is 5.85. The zero-order valence-corrected chi connectivity index (χ0v) is 13.1. The summed E-state index contributed by atoms with van der Waals surface area (Å²) in [5.74, 6) is 1.74. The summed E-state index contributed by atoms with van der Waals surface area (Å²) >= 11 is 0. The molecule has 0 bridgehead atoms. The Hall–Kier alpha value is -1.79. The molecular formula is C16H25N3O3. The molecule has 0 amide bonds. The highest BCUT2D eigenvalue weighted by Crippen LogP contribution is 2.16. The van der Waals surface area contributed by atoms with Gasteiger partial charge in [-0.2, -0.15) is 0 Å². The normalized spacial score (nSPS) is 18.4. The maximum Gasteiger partial charge on any atom is 0.193 e. The molecule has 1 aliphatic rings. The van der Waals surface area contributed by atoms with Crippen LogP contribution in [0.5, 0.6) is 5.75 Å². The minimum absolute atomic E-state index is 0.400. The number of hydrogen-bond acceptors (Lipinski definition) is 4. The van der Waals surface area contributed by atoms with E-state index in [4.69, 9.17) is 19.9 Å². The Kier molecular flexibility index (Phi) is 6.99. The number of methoxy groups -OCH3 is 1. The molecule has 1 unspecified atom stereocenters. The van der Waals surface area contributed by atoms with Gasteiger partial charge < -0.3 is 25.3 Å². The van der Waals surface area contributed by atoms with Gasteiger partial charge in [-0.15, -0.1) is 0 Å². The predicted octanol–water partition coefficient (Wildman–Crippen LogP) is 1.86. The monoisotopic (exact) mass is 307 g/mol. The van der Waals surface area contributed by atoms with Crippen LogP contribution in [0, 0.1) is 5.92 Å². The largest absolute Gasteiger partial charge is 0.497 e. The molecule has 0 spiro atoms. The molecule has 1 saturated heterocycles. The van der Waals surface area contributed by atoms with Gasteiger partial charge in [0.1, 0.15) is 5.75 Å². The van der Waals surface area contributed by atoms with E-state index < -0.39 is 0 Å². The van der Waals surface area contributed by atoms with Gasteiger partial charge in [-0.05, 0) is 25.0 Å². The Balaban J connectivity index is 1.60. The second kappa shape index (κ2) is 9.27. The van der Waals surface area contributed by atoms with Gasteiger partial charge >= 0.3 is 0 Å². The van der Waals surface area contributed by atoms with Crippen molar-refractivity contribution in [2.24, 2.45) is 16.6 Å². The zero-order chi connectivity index (χ0) is 15.6. The first-order valence-electron chi connectivity index (χ1n) is 7.64. The summed E-state index contributed by atoms with van der Waals surface area (Å²) in [6.45, 7) is 3.82. The summed E-state index contributed by atoms with van der Waals surface area (Å²) in [4.78, 5) is 4.28. The molecule has 6 heteroatoms. The Morgan fingerprint density at radius 2 is 2.41 bits per heavy atom. The lowest BCUT2D eigenvalue weighted by atomic mass is 10.1. The molecule has 1 aromatic rings. The van der Waals surface area contributed by atoms with Gasteiger partial charge in [-0.25, -0.2) is 0 Å². The molecule has 0 aromatic heterocycles. The number of rotatable bonds is 8. The van der Waals surface area contributed by atoms with Crippen LogP contribution in [0.4, 0.5) is 5.69 Å². The molecule has 0 saturated carbocycles. The number of guanidine groups is 1. The molecule has 1 fully saturated rings. The lowest BCUT2D eigenvalue weighted by molar-refractivity contribution is 0.0893. The van der Waals surface area contributed by atoms with Crippen molar-refractivity contribution in [1.82, 2.24) is 0 Å². The van der Waals surface area contributed by atoms with Crippen molar-refractivity contribution in [2.45, 2.75) is 12.8 Å². The first-order chi connectivity index (χ1) is 10.8. The fourth-order valence-electron chi connectivity index (χ4n) is 2.22. The number of ether oxygens (including phenoxy) is 3. The Labute approximate surface area is 131 Å². The number of nitrogens with two attached hydrogens (primary N) is 1. The minimum atomic E-state index is 0.400. The molecule has 3 N–H and O–H groups in total. The molecule has 6 nitrogen and oxygen atoms in total. The van der Waals surface area contributed by atoms with Crippen molar-refractivity contribution < 1.29 is 14.2 Å². The van der Waals surface area contributed by atoms with E-state index in [-0.39, 0.29) is 0 Å². The van der Waals surface area contributed by atoms with Crippen LogP contribution in [-0.2, 0) is 9.47 Å². The van der Waals surface area contributed by atoms with Gasteiger partial charge in [-0.3, -0.25) is 4.99 Å². The lowest BCUT2D eigenvalue weighted by Gasteiger charge is -2.09. The van der Waals surface area contributed by atoms with Crippen molar-refractivity contribution in [3.05, 3.63) is 24.3 Å². The van der Waals surface area contributed by atoms with Gasteiger partial charge in [0.05, 0.1) is 20.3 Å². The topological polar surface area (TPSA) is 78.1 Å². The van der Waals surface area contributed by atoms with Crippen molar-refractivity contribution >= 4 is 11.6 Å². The maximum absolute atomic E-state index is 5.85. The third-order valence-corrected chi connectivity index (χ3v) is 3.45. The van der Waals surface area contributed by atoms with Gasteiger partial charge in [0.2, 0.25) is 0 Å². The van der Waals surface area contributed by atoms with Crippen LogP contribution in [0.1, 0.15) is 12.8 Å². The predicted molar refractivity (Wildman–Crippen MR) is 87.5 cm³/mol. The summed E-state index contributed by atoms with van der Waals surface area (Å²) in [6.07, 6.45) is 1.96. The smallest absolute Gasteiger partial charge is 0.193 e. The number of anilines is 1. The van der Waals surface area contributed by atoms with Gasteiger partial charge in [0.15, 0.2) is 5.96 Å². The van der Waals surface area contributed by atoms with Gasteiger partial charge in [0, 0.05) is 37.4 Å². The second-order valence-electron chi connectivity index (χ2n) is 5.28. The third kappa shape index (κ3) is 5.91. The summed E-state index contributed by atoms with van der Waals surface area (Å²) in [5.41, 5.74) is 6.71. The zero-order valence-electron chi connectivity index (χ0n) is 13.1. The van der Waals surface area contributed by atoms with E-state index in [2.05, 4.69) is 10.3 Å². The summed E-state index contributed by atoms with van der Waals surface area (Å²) in [6, 6.07) is 7.56. The molecule has 0 radical (unpaired) electrons. The van der Waals surface area contributed by atoms with Gasteiger partial charge in [-0.1, -0.05) is 6.07 Å². The third-order valence-electron chi connectivity index (χ3n) is 3.45. The first kappa shape index (κ1) is 16.6. The molecule has 122 valence electrons. The van der Waals surface area contributed by atoms with E-state index in [1.54, 1.807) is 7.11 Å². The van der Waals surface area contributed by atoms with E-state index in [1.165, 1.54) is 0 Å². The van der Waals surface area contributed by atoms with Crippen LogP contribution in [0.2, 0.25) is 0 Å². The fourth-order valence-corrected chi connectivity index (χ4v) is 2.22. The Morgan fingerprint density at radius 3 is 3.18 bits per heavy atom. The van der Waals surface area contributed by atoms with Crippen LogP contribution in [0.15, 0.2) is 29.3 Å². The Morgan fingerprint density at radius 1 is 1.50 bits per heavy atom. The van der Waals surface area contributed by atoms with E-state index in [1.807, 2.05) is 24.3 Å². The highest BCUT2D eigenvalue weighted by Gasteiger charge is 2.14. The number of nitrogens with zero attached hydrogens (tertiary/aromatic N) is 1. The standard InChI is InChI=1S/C16H25N3O3/c1-20-15-5-2-4-14(10-15)19-16(17)18-7-3-8-21-11-13-6-9-22-12-13/h2,4-5,10,13H,3,6-9,11-12H2,1H3,(H3,17,18,19). The summed E-state index contributed by atoms with van der Waals surface area (Å²) < 4.78 is 16.1. The first-order valence-corrected chi connectivity index (χ1v) is 7.64. The molecular weight excluding hydrogens is 282 g/mol. The SMILES string of the molecule is COc1cccc(NC(N)=NCCCOCC2CCOC2)c1. The quantitative estimate of drug-likeness (QED) is 0.435. The fraction of sp³-hybridized carbons (Fsp3) is 0.562. The van der Waals surface area contributed by atoms with E-state index in [0.29, 0.717) is 25.0 Å². The summed E-state index contributed by atoms with van der Waals surface area (Å²) in [5, 5.41) is 3.04. The van der Waals surface area contributed by atoms with Gasteiger partial charge in [0.25, 0.3) is 0 Å². The number of benzene rings is 1. The summed E-state index contributed by atoms with van der Waals surface area (Å²) in [7, 11) is 1.63. The van der Waals surface area contributed by atoms with Crippen LogP contribution in [-0.4, -0.2) is 46.0 Å². The molecule has 22 heavy (non-hydrogen) atoms. The lowest BCUT2D eigenvalue weighted by Crippen LogP contribution is -2.23. The Bertz CT molecular complexity index is 473. The molecule has 1 atom stereocenters. The molecule has 2 rings (SSSR count). The van der Waals surface area contributed by atoms with E-state index >= 15 is 0 Å². The number of aliphatic imine (C=N–C) groups is 1.